The summed E-state index contributed by atoms with van der Waals surface area (Å²) in [4.78, 5) is 14.9. The molecule has 24 heavy (non-hydrogen) atoms. The Morgan fingerprint density at radius 2 is 1.75 bits per heavy atom. The van der Waals surface area contributed by atoms with E-state index in [0.29, 0.717) is 5.92 Å². The van der Waals surface area contributed by atoms with Crippen LogP contribution in [0.3, 0.4) is 0 Å². The van der Waals surface area contributed by atoms with Gasteiger partial charge in [0.1, 0.15) is 5.75 Å². The predicted molar refractivity (Wildman–Crippen MR) is 97.7 cm³/mol. The minimum atomic E-state index is -0.515. The molecule has 0 fully saturated rings. The fourth-order valence-electron chi connectivity index (χ4n) is 3.40. The third-order valence-corrected chi connectivity index (χ3v) is 4.64. The number of rotatable bonds is 4. The number of para-hydroxylation sites is 2. The van der Waals surface area contributed by atoms with Crippen LogP contribution >= 0.6 is 0 Å². The molecule has 0 spiro atoms. The lowest BCUT2D eigenvalue weighted by Crippen LogP contribution is -2.43. The molecule has 0 saturated carbocycles. The fraction of sp³-hybridized carbons (Fsp3) is 0.381. The summed E-state index contributed by atoms with van der Waals surface area (Å²) in [6, 6.07) is 16.3. The van der Waals surface area contributed by atoms with Gasteiger partial charge >= 0.3 is 0 Å². The number of nitrogens with zero attached hydrogens (tertiary/aromatic N) is 1. The highest BCUT2D eigenvalue weighted by atomic mass is 16.5. The van der Waals surface area contributed by atoms with Crippen LogP contribution in [0.15, 0.2) is 48.5 Å². The van der Waals surface area contributed by atoms with Crippen molar-refractivity contribution in [3.8, 4) is 5.75 Å². The molecule has 3 nitrogen and oxygen atoms in total. The summed E-state index contributed by atoms with van der Waals surface area (Å²) in [5, 5.41) is 0. The molecule has 2 aromatic carbocycles. The molecule has 0 N–H and O–H groups in total. The first kappa shape index (κ1) is 16.6. The Hall–Kier alpha value is -2.29. The average molecular weight is 323 g/mol. The largest absolute Gasteiger partial charge is 0.481 e. The normalized spacial score (nSPS) is 17.7. The van der Waals surface area contributed by atoms with Crippen LogP contribution in [0, 0.1) is 0 Å². The van der Waals surface area contributed by atoms with E-state index in [1.54, 1.807) is 0 Å². The Morgan fingerprint density at radius 3 is 2.50 bits per heavy atom. The van der Waals surface area contributed by atoms with Crippen LogP contribution in [-0.2, 0) is 11.2 Å². The summed E-state index contributed by atoms with van der Waals surface area (Å²) in [7, 11) is 0. The quantitative estimate of drug-likeness (QED) is 0.826. The maximum Gasteiger partial charge on any atom is 0.268 e. The molecular weight excluding hydrogens is 298 g/mol. The third kappa shape index (κ3) is 3.03. The van der Waals surface area contributed by atoms with E-state index in [0.717, 1.165) is 23.4 Å². The minimum Gasteiger partial charge on any atom is -0.481 e. The van der Waals surface area contributed by atoms with Crippen molar-refractivity contribution in [2.45, 2.75) is 52.2 Å². The molecule has 2 atom stereocenters. The minimum absolute atomic E-state index is 0.0195. The lowest BCUT2D eigenvalue weighted by Gasteiger charge is -2.27. The van der Waals surface area contributed by atoms with Crippen LogP contribution in [0.25, 0.3) is 0 Å². The highest BCUT2D eigenvalue weighted by Crippen LogP contribution is 2.33. The number of amides is 1. The standard InChI is InChI=1S/C21H25NO2/c1-14(2)18-10-6-8-12-20(18)24-16(4)21(23)22-15(3)13-17-9-5-7-11-19(17)22/h5-12,14-16H,13H2,1-4H3/t15-,16+/m0/s1. The monoisotopic (exact) mass is 323 g/mol. The lowest BCUT2D eigenvalue weighted by molar-refractivity contribution is -0.124. The summed E-state index contributed by atoms with van der Waals surface area (Å²) in [6.45, 7) is 8.20. The van der Waals surface area contributed by atoms with Gasteiger partial charge in [0.15, 0.2) is 6.10 Å². The topological polar surface area (TPSA) is 29.5 Å². The molecule has 0 saturated heterocycles. The molecule has 0 radical (unpaired) electrons. The highest BCUT2D eigenvalue weighted by molar-refractivity contribution is 5.99. The van der Waals surface area contributed by atoms with Crippen LogP contribution in [0.5, 0.6) is 5.75 Å². The summed E-state index contributed by atoms with van der Waals surface area (Å²) >= 11 is 0. The predicted octanol–water partition coefficient (Wildman–Crippen LogP) is 4.56. The zero-order valence-corrected chi connectivity index (χ0v) is 14.8. The van der Waals surface area contributed by atoms with E-state index >= 15 is 0 Å². The fourth-order valence-corrected chi connectivity index (χ4v) is 3.40. The van der Waals surface area contributed by atoms with Gasteiger partial charge in [0.25, 0.3) is 5.91 Å². The Morgan fingerprint density at radius 1 is 1.08 bits per heavy atom. The summed E-state index contributed by atoms with van der Waals surface area (Å²) in [5.41, 5.74) is 3.38. The molecule has 1 amide bonds. The van der Waals surface area contributed by atoms with Gasteiger partial charge in [0, 0.05) is 11.7 Å². The highest BCUT2D eigenvalue weighted by Gasteiger charge is 2.34. The van der Waals surface area contributed by atoms with E-state index in [-0.39, 0.29) is 11.9 Å². The van der Waals surface area contributed by atoms with E-state index in [1.165, 1.54) is 5.56 Å². The number of carbonyl (C=O) groups is 1. The number of fused-ring (bicyclic) bond motifs is 1. The first-order valence-corrected chi connectivity index (χ1v) is 8.65. The van der Waals surface area contributed by atoms with E-state index in [9.17, 15) is 4.79 Å². The van der Waals surface area contributed by atoms with Crippen molar-refractivity contribution in [1.82, 2.24) is 0 Å². The molecule has 1 aliphatic heterocycles. The van der Waals surface area contributed by atoms with Crippen LogP contribution < -0.4 is 9.64 Å². The van der Waals surface area contributed by atoms with Gasteiger partial charge in [-0.25, -0.2) is 0 Å². The van der Waals surface area contributed by atoms with Crippen LogP contribution in [0.1, 0.15) is 44.7 Å². The van der Waals surface area contributed by atoms with Gasteiger partial charge in [0.2, 0.25) is 0 Å². The van der Waals surface area contributed by atoms with Gasteiger partial charge in [-0.05, 0) is 49.4 Å². The van der Waals surface area contributed by atoms with Gasteiger partial charge in [-0.3, -0.25) is 4.79 Å². The second-order valence-corrected chi connectivity index (χ2v) is 6.84. The van der Waals surface area contributed by atoms with E-state index < -0.39 is 6.10 Å². The number of hydrogen-bond donors (Lipinski definition) is 0. The van der Waals surface area contributed by atoms with E-state index in [2.05, 4.69) is 32.9 Å². The maximum absolute atomic E-state index is 13.0. The Labute approximate surface area is 144 Å². The van der Waals surface area contributed by atoms with Crippen molar-refractivity contribution < 1.29 is 9.53 Å². The van der Waals surface area contributed by atoms with Gasteiger partial charge < -0.3 is 9.64 Å². The Kier molecular flexibility index (Phi) is 4.61. The van der Waals surface area contributed by atoms with Gasteiger partial charge in [-0.1, -0.05) is 50.2 Å². The first-order chi connectivity index (χ1) is 11.5. The number of benzene rings is 2. The Bertz CT molecular complexity index is 738. The molecular formula is C21H25NO2. The zero-order chi connectivity index (χ0) is 17.3. The van der Waals surface area contributed by atoms with Crippen molar-refractivity contribution in [3.05, 3.63) is 59.7 Å². The molecule has 2 aromatic rings. The maximum atomic E-state index is 13.0. The molecule has 0 bridgehead atoms. The van der Waals surface area contributed by atoms with Gasteiger partial charge in [-0.2, -0.15) is 0 Å². The Balaban J connectivity index is 1.81. The van der Waals surface area contributed by atoms with Crippen LogP contribution in [0.2, 0.25) is 0 Å². The molecule has 126 valence electrons. The second-order valence-electron chi connectivity index (χ2n) is 6.84. The van der Waals surface area contributed by atoms with Crippen LogP contribution in [-0.4, -0.2) is 18.1 Å². The molecule has 0 unspecified atom stereocenters. The molecule has 0 aromatic heterocycles. The summed E-state index contributed by atoms with van der Waals surface area (Å²) < 4.78 is 6.05. The molecule has 0 aliphatic carbocycles. The lowest BCUT2D eigenvalue weighted by atomic mass is 10.0. The SMILES string of the molecule is CC(C)c1ccccc1O[C@H](C)C(=O)N1c2ccccc2C[C@@H]1C. The van der Waals surface area contributed by atoms with E-state index in [1.807, 2.05) is 48.2 Å². The van der Waals surface area contributed by atoms with Crippen molar-refractivity contribution in [1.29, 1.82) is 0 Å². The number of carbonyl (C=O) groups excluding carboxylic acids is 1. The zero-order valence-electron chi connectivity index (χ0n) is 14.8. The van der Waals surface area contributed by atoms with Crippen molar-refractivity contribution in [2.24, 2.45) is 0 Å². The van der Waals surface area contributed by atoms with Gasteiger partial charge in [0.05, 0.1) is 0 Å². The first-order valence-electron chi connectivity index (χ1n) is 8.65. The number of hydrogen-bond acceptors (Lipinski definition) is 2. The van der Waals surface area contributed by atoms with Gasteiger partial charge in [-0.15, -0.1) is 0 Å². The molecule has 1 aliphatic rings. The third-order valence-electron chi connectivity index (χ3n) is 4.64. The van der Waals surface area contributed by atoms with Crippen molar-refractivity contribution in [3.63, 3.8) is 0 Å². The number of anilines is 1. The van der Waals surface area contributed by atoms with Crippen LogP contribution in [0.4, 0.5) is 5.69 Å². The van der Waals surface area contributed by atoms with Crippen molar-refractivity contribution in [2.75, 3.05) is 4.90 Å². The second kappa shape index (κ2) is 6.68. The number of ether oxygens (including phenoxy) is 1. The average Bonchev–Trinajstić information content (AvgIpc) is 2.90. The molecule has 3 rings (SSSR count). The molecule has 3 heteroatoms. The summed E-state index contributed by atoms with van der Waals surface area (Å²) in [6.07, 6.45) is 0.385. The van der Waals surface area contributed by atoms with Crippen molar-refractivity contribution >= 4 is 11.6 Å². The van der Waals surface area contributed by atoms with E-state index in [4.69, 9.17) is 4.74 Å². The smallest absolute Gasteiger partial charge is 0.268 e. The molecule has 1 heterocycles. The summed E-state index contributed by atoms with van der Waals surface area (Å²) in [5.74, 6) is 1.18.